The third kappa shape index (κ3) is 4.39. The van der Waals surface area contributed by atoms with Crippen molar-refractivity contribution < 1.29 is 14.7 Å². The molecular formula is C19H27N3O3. The zero-order valence-corrected chi connectivity index (χ0v) is 15.1. The molecule has 1 aromatic carbocycles. The first-order chi connectivity index (χ1) is 11.9. The number of nitrogens with zero attached hydrogens (tertiary/aromatic N) is 1. The smallest absolute Gasteiger partial charge is 0.290 e. The van der Waals surface area contributed by atoms with Crippen LogP contribution in [-0.4, -0.2) is 46.0 Å². The molecule has 2 heterocycles. The van der Waals surface area contributed by atoms with Gasteiger partial charge in [0.25, 0.3) is 6.47 Å². The molecule has 25 heavy (non-hydrogen) atoms. The maximum absolute atomic E-state index is 12.7. The van der Waals surface area contributed by atoms with E-state index in [0.717, 1.165) is 24.2 Å². The Kier molecular flexibility index (Phi) is 6.20. The summed E-state index contributed by atoms with van der Waals surface area (Å²) < 4.78 is 0. The van der Waals surface area contributed by atoms with Crippen molar-refractivity contribution in [1.29, 1.82) is 0 Å². The van der Waals surface area contributed by atoms with Crippen molar-refractivity contribution in [3.8, 4) is 0 Å². The Morgan fingerprint density at radius 1 is 1.32 bits per heavy atom. The molecule has 0 bridgehead atoms. The number of carbonyl (C=O) groups excluding carboxylic acids is 1. The SMILES string of the molecule is CC(NC(=O)C(C)(C)N1CCCC1)c1ccc2[nH]ccc2c1.O=CO. The van der Waals surface area contributed by atoms with Gasteiger partial charge in [0.1, 0.15) is 0 Å². The van der Waals surface area contributed by atoms with Crippen molar-refractivity contribution in [2.45, 2.75) is 45.2 Å². The fraction of sp³-hybridized carbons (Fsp3) is 0.474. The zero-order chi connectivity index (χ0) is 18.4. The van der Waals surface area contributed by atoms with Crippen LogP contribution in [0.4, 0.5) is 0 Å². The third-order valence-corrected chi connectivity index (χ3v) is 4.88. The molecule has 1 fully saturated rings. The third-order valence-electron chi connectivity index (χ3n) is 4.88. The number of fused-ring (bicyclic) bond motifs is 1. The Morgan fingerprint density at radius 2 is 1.96 bits per heavy atom. The van der Waals surface area contributed by atoms with Gasteiger partial charge >= 0.3 is 0 Å². The second-order valence-electron chi connectivity index (χ2n) is 6.88. The first-order valence-electron chi connectivity index (χ1n) is 8.61. The second-order valence-corrected chi connectivity index (χ2v) is 6.88. The summed E-state index contributed by atoms with van der Waals surface area (Å²) in [5.74, 6) is 0.107. The van der Waals surface area contributed by atoms with Crippen molar-refractivity contribution in [2.75, 3.05) is 13.1 Å². The molecule has 3 N–H and O–H groups in total. The molecule has 0 radical (unpaired) electrons. The quantitative estimate of drug-likeness (QED) is 0.744. The maximum Gasteiger partial charge on any atom is 0.290 e. The van der Waals surface area contributed by atoms with Gasteiger partial charge in [0, 0.05) is 11.7 Å². The van der Waals surface area contributed by atoms with Crippen LogP contribution in [0.2, 0.25) is 0 Å². The van der Waals surface area contributed by atoms with Crippen molar-refractivity contribution in [1.82, 2.24) is 15.2 Å². The lowest BCUT2D eigenvalue weighted by Gasteiger charge is -2.35. The van der Waals surface area contributed by atoms with E-state index in [4.69, 9.17) is 9.90 Å². The highest BCUT2D eigenvalue weighted by Gasteiger charge is 2.36. The zero-order valence-electron chi connectivity index (χ0n) is 15.1. The molecule has 1 unspecified atom stereocenters. The van der Waals surface area contributed by atoms with E-state index in [1.807, 2.05) is 27.0 Å². The number of amides is 1. The summed E-state index contributed by atoms with van der Waals surface area (Å²) in [5.41, 5.74) is 1.82. The maximum atomic E-state index is 12.7. The summed E-state index contributed by atoms with van der Waals surface area (Å²) in [6.07, 6.45) is 4.32. The first-order valence-corrected chi connectivity index (χ1v) is 8.61. The molecule has 0 spiro atoms. The van der Waals surface area contributed by atoms with Crippen LogP contribution < -0.4 is 5.32 Å². The lowest BCUT2D eigenvalue weighted by Crippen LogP contribution is -2.54. The van der Waals surface area contributed by atoms with Gasteiger partial charge in [0.15, 0.2) is 0 Å². The number of likely N-dealkylation sites (tertiary alicyclic amines) is 1. The molecule has 1 atom stereocenters. The number of aromatic nitrogens is 1. The van der Waals surface area contributed by atoms with E-state index in [1.54, 1.807) is 0 Å². The average Bonchev–Trinajstić information content (AvgIpc) is 3.26. The van der Waals surface area contributed by atoms with Gasteiger partial charge in [-0.25, -0.2) is 0 Å². The Hall–Kier alpha value is -2.34. The predicted octanol–water partition coefficient (Wildman–Crippen LogP) is 2.92. The van der Waals surface area contributed by atoms with E-state index in [-0.39, 0.29) is 18.4 Å². The molecule has 1 saturated heterocycles. The van der Waals surface area contributed by atoms with E-state index in [0.29, 0.717) is 0 Å². The van der Waals surface area contributed by atoms with Gasteiger partial charge in [-0.1, -0.05) is 6.07 Å². The summed E-state index contributed by atoms with van der Waals surface area (Å²) in [7, 11) is 0. The minimum absolute atomic E-state index is 0.00804. The van der Waals surface area contributed by atoms with Gasteiger partial charge < -0.3 is 15.4 Å². The monoisotopic (exact) mass is 345 g/mol. The Bertz CT molecular complexity index is 718. The number of H-pyrrole nitrogens is 1. The van der Waals surface area contributed by atoms with E-state index >= 15 is 0 Å². The molecule has 0 saturated carbocycles. The second kappa shape index (κ2) is 8.16. The lowest BCUT2D eigenvalue weighted by atomic mass is 10.00. The average molecular weight is 345 g/mol. The van der Waals surface area contributed by atoms with Gasteiger partial charge in [-0.05, 0) is 75.9 Å². The van der Waals surface area contributed by atoms with E-state index < -0.39 is 5.54 Å². The number of carboxylic acid groups (broad SMARTS) is 1. The van der Waals surface area contributed by atoms with Crippen LogP contribution >= 0.6 is 0 Å². The normalized spacial score (nSPS) is 16.1. The van der Waals surface area contributed by atoms with E-state index in [9.17, 15) is 4.79 Å². The highest BCUT2D eigenvalue weighted by atomic mass is 16.3. The largest absolute Gasteiger partial charge is 0.483 e. The predicted molar refractivity (Wildman–Crippen MR) is 98.4 cm³/mol. The number of hydrogen-bond acceptors (Lipinski definition) is 3. The minimum atomic E-state index is -0.442. The van der Waals surface area contributed by atoms with Crippen LogP contribution in [0.1, 0.15) is 45.2 Å². The summed E-state index contributed by atoms with van der Waals surface area (Å²) in [4.78, 5) is 26.5. The Morgan fingerprint density at radius 3 is 2.60 bits per heavy atom. The molecule has 1 aliphatic rings. The molecule has 2 aromatic rings. The topological polar surface area (TPSA) is 85.4 Å². The number of aromatic amines is 1. The lowest BCUT2D eigenvalue weighted by molar-refractivity contribution is -0.131. The molecule has 1 amide bonds. The number of nitrogens with one attached hydrogen (secondary N) is 2. The van der Waals surface area contributed by atoms with Crippen LogP contribution in [-0.2, 0) is 9.59 Å². The van der Waals surface area contributed by atoms with Gasteiger partial charge in [-0.15, -0.1) is 0 Å². The molecule has 3 rings (SSSR count). The minimum Gasteiger partial charge on any atom is -0.483 e. The molecule has 0 aliphatic carbocycles. The Labute approximate surface area is 148 Å². The first kappa shape index (κ1) is 19.0. The summed E-state index contributed by atoms with van der Waals surface area (Å²) >= 11 is 0. The van der Waals surface area contributed by atoms with Crippen molar-refractivity contribution in [3.05, 3.63) is 36.0 Å². The van der Waals surface area contributed by atoms with Crippen molar-refractivity contribution in [2.24, 2.45) is 0 Å². The van der Waals surface area contributed by atoms with Gasteiger partial charge in [-0.3, -0.25) is 14.5 Å². The number of hydrogen-bond donors (Lipinski definition) is 3. The van der Waals surface area contributed by atoms with E-state index in [2.05, 4.69) is 39.5 Å². The fourth-order valence-electron chi connectivity index (χ4n) is 3.22. The van der Waals surface area contributed by atoms with Crippen LogP contribution in [0.25, 0.3) is 10.9 Å². The van der Waals surface area contributed by atoms with Crippen LogP contribution in [0.3, 0.4) is 0 Å². The standard InChI is InChI=1S/C18H25N3O.CH2O2/c1-13(14-6-7-16-15(12-14)8-9-19-16)20-17(22)18(2,3)21-10-4-5-11-21;2-1-3/h6-9,12-13,19H,4-5,10-11H2,1-3H3,(H,20,22);1H,(H,2,3). The highest BCUT2D eigenvalue weighted by Crippen LogP contribution is 2.24. The van der Waals surface area contributed by atoms with Gasteiger partial charge in [0.2, 0.25) is 5.91 Å². The Balaban J connectivity index is 0.000000701. The fourth-order valence-corrected chi connectivity index (χ4v) is 3.22. The molecule has 6 nitrogen and oxygen atoms in total. The van der Waals surface area contributed by atoms with Gasteiger partial charge in [-0.2, -0.15) is 0 Å². The molecule has 1 aliphatic heterocycles. The summed E-state index contributed by atoms with van der Waals surface area (Å²) in [5, 5.41) is 11.2. The summed E-state index contributed by atoms with van der Waals surface area (Å²) in [6, 6.07) is 8.35. The summed E-state index contributed by atoms with van der Waals surface area (Å²) in [6.45, 7) is 7.88. The number of benzene rings is 1. The number of carbonyl (C=O) groups is 2. The molecule has 1 aromatic heterocycles. The van der Waals surface area contributed by atoms with Crippen LogP contribution in [0.5, 0.6) is 0 Å². The van der Waals surface area contributed by atoms with E-state index in [1.165, 1.54) is 18.2 Å². The molecule has 136 valence electrons. The highest BCUT2D eigenvalue weighted by molar-refractivity contribution is 5.86. The molecule has 6 heteroatoms. The van der Waals surface area contributed by atoms with Gasteiger partial charge in [0.05, 0.1) is 11.6 Å². The van der Waals surface area contributed by atoms with Crippen LogP contribution in [0.15, 0.2) is 30.5 Å². The number of rotatable bonds is 4. The van der Waals surface area contributed by atoms with Crippen molar-refractivity contribution in [3.63, 3.8) is 0 Å². The molecular weight excluding hydrogens is 318 g/mol. The van der Waals surface area contributed by atoms with Crippen LogP contribution in [0, 0.1) is 0 Å². The van der Waals surface area contributed by atoms with Crippen molar-refractivity contribution >= 4 is 23.3 Å².